The average Bonchev–Trinajstić information content (AvgIpc) is 3.27. The Bertz CT molecular complexity index is 1420. The molecule has 3 heterocycles. The highest BCUT2D eigenvalue weighted by Crippen LogP contribution is 2.26. The van der Waals surface area contributed by atoms with Crippen LogP contribution in [0.2, 0.25) is 0 Å². The molecule has 3 amide bonds. The van der Waals surface area contributed by atoms with Gasteiger partial charge in [0.2, 0.25) is 5.91 Å². The van der Waals surface area contributed by atoms with Crippen LogP contribution in [0.5, 0.6) is 0 Å². The number of nitrogens with zero attached hydrogens (tertiary/aromatic N) is 5. The van der Waals surface area contributed by atoms with Gasteiger partial charge in [0.15, 0.2) is 0 Å². The number of halogens is 2. The molecule has 0 aliphatic carbocycles. The number of anilines is 2. The number of pyridine rings is 1. The van der Waals surface area contributed by atoms with Gasteiger partial charge in [-0.25, -0.2) is 37.6 Å². The smallest absolute Gasteiger partial charge is 0.325 e. The first kappa shape index (κ1) is 28.7. The molecular formula is C23H25F2N7O4S2. The number of carbonyl (C=O) groups is 2. The first-order valence-electron chi connectivity index (χ1n) is 11.1. The van der Waals surface area contributed by atoms with Crippen molar-refractivity contribution < 1.29 is 26.8 Å². The lowest BCUT2D eigenvalue weighted by molar-refractivity contribution is -0.120. The molecule has 2 aromatic heterocycles. The van der Waals surface area contributed by atoms with Crippen molar-refractivity contribution in [2.45, 2.75) is 25.8 Å². The summed E-state index contributed by atoms with van der Waals surface area (Å²) in [5.74, 6) is -1.76. The second-order valence-corrected chi connectivity index (χ2v) is 9.90. The van der Waals surface area contributed by atoms with Crippen LogP contribution in [0.15, 0.2) is 48.9 Å². The summed E-state index contributed by atoms with van der Waals surface area (Å²) in [7, 11) is -2.96. The maximum absolute atomic E-state index is 13.8. The van der Waals surface area contributed by atoms with Crippen LogP contribution < -0.4 is 19.2 Å². The van der Waals surface area contributed by atoms with E-state index < -0.39 is 39.8 Å². The Kier molecular flexibility index (Phi) is 8.83. The highest BCUT2D eigenvalue weighted by atomic mass is 32.2. The van der Waals surface area contributed by atoms with Gasteiger partial charge in [0.05, 0.1) is 18.1 Å². The molecule has 2 N–H and O–H groups in total. The van der Waals surface area contributed by atoms with Crippen LogP contribution in [-0.4, -0.2) is 54.9 Å². The number of hydrogen-bond acceptors (Lipinski definition) is 7. The van der Waals surface area contributed by atoms with E-state index in [2.05, 4.69) is 20.3 Å². The minimum Gasteiger partial charge on any atom is -0.325 e. The van der Waals surface area contributed by atoms with Gasteiger partial charge in [0, 0.05) is 32.3 Å². The fourth-order valence-electron chi connectivity index (χ4n) is 3.86. The molecule has 0 radical (unpaired) electrons. The maximum atomic E-state index is 13.8. The second-order valence-electron chi connectivity index (χ2n) is 8.31. The van der Waals surface area contributed by atoms with Gasteiger partial charge >= 0.3 is 16.2 Å². The number of nitrogens with one attached hydrogen (secondary N) is 2. The molecule has 0 fully saturated rings. The van der Waals surface area contributed by atoms with E-state index in [0.717, 1.165) is 21.3 Å². The number of urea groups is 1. The molecule has 1 aliphatic rings. The van der Waals surface area contributed by atoms with E-state index in [-0.39, 0.29) is 37.8 Å². The molecule has 1 atom stereocenters. The molecule has 11 nitrogen and oxygen atoms in total. The number of fused-ring (bicyclic) bond motifs is 1. The third-order valence-electron chi connectivity index (χ3n) is 5.65. The van der Waals surface area contributed by atoms with Crippen molar-refractivity contribution in [1.82, 2.24) is 25.0 Å². The zero-order chi connectivity index (χ0) is 26.7. The van der Waals surface area contributed by atoms with Crippen LogP contribution in [0.25, 0.3) is 0 Å². The minimum atomic E-state index is -4.36. The number of aromatic nitrogens is 3. The molecule has 0 saturated heterocycles. The quantitative estimate of drug-likeness (QED) is 0.445. The van der Waals surface area contributed by atoms with Crippen molar-refractivity contribution in [3.8, 4) is 0 Å². The van der Waals surface area contributed by atoms with Crippen molar-refractivity contribution in [2.24, 2.45) is 0 Å². The molecule has 38 heavy (non-hydrogen) atoms. The third kappa shape index (κ3) is 6.52. The Balaban J connectivity index is 0.00000400. The van der Waals surface area contributed by atoms with Crippen molar-refractivity contribution in [2.75, 3.05) is 22.8 Å². The highest BCUT2D eigenvalue weighted by Gasteiger charge is 2.33. The summed E-state index contributed by atoms with van der Waals surface area (Å²) < 4.78 is 56.2. The Labute approximate surface area is 224 Å². The van der Waals surface area contributed by atoms with Crippen molar-refractivity contribution in [1.29, 1.82) is 0 Å². The summed E-state index contributed by atoms with van der Waals surface area (Å²) in [4.78, 5) is 39.3. The number of benzene rings is 1. The minimum absolute atomic E-state index is 0. The fourth-order valence-corrected chi connectivity index (χ4v) is 4.98. The van der Waals surface area contributed by atoms with E-state index >= 15 is 0 Å². The van der Waals surface area contributed by atoms with Gasteiger partial charge in [0.25, 0.3) is 0 Å². The summed E-state index contributed by atoms with van der Waals surface area (Å²) in [6.45, 7) is 1.74. The van der Waals surface area contributed by atoms with Crippen molar-refractivity contribution in [3.63, 3.8) is 0 Å². The van der Waals surface area contributed by atoms with E-state index in [0.29, 0.717) is 29.6 Å². The SMILES string of the molecule is Cc1ncc(N(C)C(=O)[C@H](Cc2cc(F)cc(F)c2)NC(=O)NS(=O)(=O)N2CCc3cccnc32)cn1.S. The first-order chi connectivity index (χ1) is 17.5. The van der Waals surface area contributed by atoms with Crippen LogP contribution in [0.4, 0.5) is 25.1 Å². The van der Waals surface area contributed by atoms with Crippen LogP contribution >= 0.6 is 13.5 Å². The van der Waals surface area contributed by atoms with Crippen LogP contribution in [0, 0.1) is 18.6 Å². The summed E-state index contributed by atoms with van der Waals surface area (Å²) in [5, 5.41) is 2.32. The highest BCUT2D eigenvalue weighted by molar-refractivity contribution is 7.91. The molecule has 15 heteroatoms. The lowest BCUT2D eigenvalue weighted by Gasteiger charge is -2.25. The molecular weight excluding hydrogens is 540 g/mol. The normalized spacial score (nSPS) is 13.2. The van der Waals surface area contributed by atoms with Gasteiger partial charge in [-0.3, -0.25) is 4.79 Å². The molecule has 202 valence electrons. The summed E-state index contributed by atoms with van der Waals surface area (Å²) in [5.41, 5.74) is 1.07. The van der Waals surface area contributed by atoms with Crippen molar-refractivity contribution >= 4 is 47.1 Å². The molecule has 0 unspecified atom stereocenters. The Hall–Kier alpha value is -3.85. The number of likely N-dealkylation sites (N-methyl/N-ethyl adjacent to an activating group) is 1. The van der Waals surface area contributed by atoms with Crippen LogP contribution in [0.3, 0.4) is 0 Å². The first-order valence-corrected chi connectivity index (χ1v) is 12.5. The lowest BCUT2D eigenvalue weighted by atomic mass is 10.0. The predicted molar refractivity (Wildman–Crippen MR) is 140 cm³/mol. The van der Waals surface area contributed by atoms with Gasteiger partial charge in [0.1, 0.15) is 29.3 Å². The summed E-state index contributed by atoms with van der Waals surface area (Å²) in [6, 6.07) is 3.51. The summed E-state index contributed by atoms with van der Waals surface area (Å²) >= 11 is 0. The zero-order valence-electron chi connectivity index (χ0n) is 20.4. The van der Waals surface area contributed by atoms with Crippen molar-refractivity contribution in [3.05, 3.63) is 77.5 Å². The fraction of sp³-hybridized carbons (Fsp3) is 0.261. The second kappa shape index (κ2) is 11.7. The van der Waals surface area contributed by atoms with E-state index in [1.54, 1.807) is 19.1 Å². The van der Waals surface area contributed by atoms with Gasteiger partial charge in [-0.15, -0.1) is 0 Å². The molecule has 0 spiro atoms. The third-order valence-corrected chi connectivity index (χ3v) is 7.03. The molecule has 1 aliphatic heterocycles. The molecule has 1 aromatic carbocycles. The molecule has 3 aromatic rings. The predicted octanol–water partition coefficient (Wildman–Crippen LogP) is 1.75. The van der Waals surface area contributed by atoms with E-state index in [9.17, 15) is 26.8 Å². The molecule has 4 rings (SSSR count). The Morgan fingerprint density at radius 2 is 1.79 bits per heavy atom. The van der Waals surface area contributed by atoms with E-state index in [4.69, 9.17) is 0 Å². The number of aryl methyl sites for hydroxylation is 1. The largest absolute Gasteiger partial charge is 0.330 e. The average molecular weight is 566 g/mol. The zero-order valence-corrected chi connectivity index (χ0v) is 22.2. The number of hydrogen-bond donors (Lipinski definition) is 2. The van der Waals surface area contributed by atoms with Crippen LogP contribution in [0.1, 0.15) is 17.0 Å². The number of rotatable bonds is 7. The van der Waals surface area contributed by atoms with Gasteiger partial charge in [-0.2, -0.15) is 21.9 Å². The topological polar surface area (TPSA) is 137 Å². The maximum Gasteiger partial charge on any atom is 0.330 e. The standard InChI is InChI=1S/C23H23F2N7O4S.H2S/c1-14-27-12-19(13-28-14)31(2)22(33)20(10-15-8-17(24)11-18(25)9-15)29-23(34)30-37(35,36)32-7-5-16-4-3-6-26-21(16)32;/h3-4,6,8-9,11-13,20H,5,7,10H2,1-2H3,(H2,29,30,34);1H2/t20-;/m0./s1. The Morgan fingerprint density at radius 3 is 2.45 bits per heavy atom. The molecule has 0 saturated carbocycles. The monoisotopic (exact) mass is 565 g/mol. The van der Waals surface area contributed by atoms with Crippen LogP contribution in [-0.2, 0) is 27.8 Å². The molecule has 0 bridgehead atoms. The van der Waals surface area contributed by atoms with Gasteiger partial charge in [-0.05, 0) is 42.7 Å². The van der Waals surface area contributed by atoms with Gasteiger partial charge < -0.3 is 10.2 Å². The lowest BCUT2D eigenvalue weighted by Crippen LogP contribution is -2.54. The van der Waals surface area contributed by atoms with E-state index in [1.807, 2.05) is 4.72 Å². The van der Waals surface area contributed by atoms with Gasteiger partial charge in [-0.1, -0.05) is 6.07 Å². The number of carbonyl (C=O) groups excluding carboxylic acids is 2. The summed E-state index contributed by atoms with van der Waals surface area (Å²) in [6.07, 6.45) is 4.31. The number of amides is 3. The van der Waals surface area contributed by atoms with E-state index in [1.165, 1.54) is 25.6 Å². The Morgan fingerprint density at radius 1 is 1.13 bits per heavy atom.